The van der Waals surface area contributed by atoms with E-state index in [1.54, 1.807) is 0 Å². The van der Waals surface area contributed by atoms with Crippen molar-refractivity contribution in [2.24, 2.45) is 11.8 Å². The van der Waals surface area contributed by atoms with Crippen molar-refractivity contribution >= 4 is 10.0 Å². The van der Waals surface area contributed by atoms with Crippen LogP contribution in [0.25, 0.3) is 0 Å². The van der Waals surface area contributed by atoms with Crippen molar-refractivity contribution in [3.05, 3.63) is 0 Å². The van der Waals surface area contributed by atoms with E-state index in [1.165, 1.54) is 32.1 Å². The highest BCUT2D eigenvalue weighted by Crippen LogP contribution is 2.26. The molecule has 5 heteroatoms. The van der Waals surface area contributed by atoms with Gasteiger partial charge in [-0.05, 0) is 57.5 Å². The van der Waals surface area contributed by atoms with Crippen LogP contribution in [0.2, 0.25) is 0 Å². The van der Waals surface area contributed by atoms with Crippen molar-refractivity contribution in [2.75, 3.05) is 18.8 Å². The fourth-order valence-electron chi connectivity index (χ4n) is 3.44. The van der Waals surface area contributed by atoms with E-state index in [1.807, 2.05) is 6.92 Å². The predicted molar refractivity (Wildman–Crippen MR) is 78.6 cm³/mol. The summed E-state index contributed by atoms with van der Waals surface area (Å²) in [6.07, 6.45) is 8.30. The molecule has 0 spiro atoms. The molecule has 0 aromatic heterocycles. The zero-order valence-corrected chi connectivity index (χ0v) is 12.8. The second-order valence-corrected chi connectivity index (χ2v) is 8.10. The van der Waals surface area contributed by atoms with Crippen LogP contribution in [0.3, 0.4) is 0 Å². The number of hydrogen-bond acceptors (Lipinski definition) is 3. The van der Waals surface area contributed by atoms with E-state index >= 15 is 0 Å². The topological polar surface area (TPSA) is 58.2 Å². The predicted octanol–water partition coefficient (Wildman–Crippen LogP) is 1.87. The van der Waals surface area contributed by atoms with Gasteiger partial charge in [-0.15, -0.1) is 0 Å². The Bertz CT molecular complexity index is 358. The standard InChI is InChI=1S/C14H28N2O2S/c1-12(14-7-3-2-4-8-14)16-19(17,18)11-13-6-5-9-15-10-13/h12-16H,2-11H2,1H3. The lowest BCUT2D eigenvalue weighted by Crippen LogP contribution is -2.43. The van der Waals surface area contributed by atoms with E-state index < -0.39 is 10.0 Å². The van der Waals surface area contributed by atoms with Gasteiger partial charge in [-0.25, -0.2) is 13.1 Å². The number of piperidine rings is 1. The van der Waals surface area contributed by atoms with Crippen LogP contribution in [0.4, 0.5) is 0 Å². The zero-order valence-electron chi connectivity index (χ0n) is 12.0. The molecule has 1 saturated carbocycles. The number of rotatable bonds is 5. The van der Waals surface area contributed by atoms with Gasteiger partial charge < -0.3 is 5.32 Å². The van der Waals surface area contributed by atoms with E-state index in [4.69, 9.17) is 0 Å². The van der Waals surface area contributed by atoms with Gasteiger partial charge in [0.25, 0.3) is 0 Å². The summed E-state index contributed by atoms with van der Waals surface area (Å²) < 4.78 is 27.3. The summed E-state index contributed by atoms with van der Waals surface area (Å²) in [7, 11) is -3.12. The monoisotopic (exact) mass is 288 g/mol. The van der Waals surface area contributed by atoms with Crippen LogP contribution in [0.5, 0.6) is 0 Å². The summed E-state index contributed by atoms with van der Waals surface area (Å²) in [5.74, 6) is 1.11. The molecule has 2 unspecified atom stereocenters. The van der Waals surface area contributed by atoms with Gasteiger partial charge in [0, 0.05) is 6.04 Å². The molecule has 112 valence electrons. The van der Waals surface area contributed by atoms with Crippen molar-refractivity contribution in [3.8, 4) is 0 Å². The van der Waals surface area contributed by atoms with Gasteiger partial charge in [0.1, 0.15) is 0 Å². The molecule has 2 N–H and O–H groups in total. The fraction of sp³-hybridized carbons (Fsp3) is 1.00. The third kappa shape index (κ3) is 5.04. The average Bonchev–Trinajstić information content (AvgIpc) is 2.39. The fourth-order valence-corrected chi connectivity index (χ4v) is 5.20. The molecule has 0 amide bonds. The number of nitrogens with one attached hydrogen (secondary N) is 2. The van der Waals surface area contributed by atoms with Crippen LogP contribution in [-0.4, -0.2) is 33.3 Å². The Kier molecular flexibility index (Phi) is 5.66. The summed E-state index contributed by atoms with van der Waals surface area (Å²) in [4.78, 5) is 0. The third-order valence-electron chi connectivity index (χ3n) is 4.58. The van der Waals surface area contributed by atoms with Crippen molar-refractivity contribution in [2.45, 2.75) is 57.9 Å². The van der Waals surface area contributed by atoms with Crippen LogP contribution in [0, 0.1) is 11.8 Å². The van der Waals surface area contributed by atoms with Crippen molar-refractivity contribution < 1.29 is 8.42 Å². The lowest BCUT2D eigenvalue weighted by molar-refractivity contribution is 0.302. The van der Waals surface area contributed by atoms with E-state index in [-0.39, 0.29) is 17.7 Å². The molecule has 0 aromatic rings. The Labute approximate surface area is 117 Å². The van der Waals surface area contributed by atoms with Gasteiger partial charge in [-0.3, -0.25) is 0 Å². The van der Waals surface area contributed by atoms with Crippen LogP contribution >= 0.6 is 0 Å². The van der Waals surface area contributed by atoms with Gasteiger partial charge in [0.05, 0.1) is 5.75 Å². The Hall–Kier alpha value is -0.130. The second kappa shape index (κ2) is 7.04. The molecule has 2 rings (SSSR count). The maximum atomic E-state index is 12.2. The molecule has 4 nitrogen and oxygen atoms in total. The summed E-state index contributed by atoms with van der Waals surface area (Å²) in [5, 5.41) is 3.28. The van der Waals surface area contributed by atoms with Gasteiger partial charge in [0.15, 0.2) is 0 Å². The maximum absolute atomic E-state index is 12.2. The Morgan fingerprint density at radius 3 is 2.53 bits per heavy atom. The molecular weight excluding hydrogens is 260 g/mol. The molecule has 1 saturated heterocycles. The first-order valence-electron chi connectivity index (χ1n) is 7.77. The van der Waals surface area contributed by atoms with Gasteiger partial charge in [-0.1, -0.05) is 19.3 Å². The van der Waals surface area contributed by atoms with E-state index in [0.29, 0.717) is 5.92 Å². The molecule has 1 aliphatic heterocycles. The lowest BCUT2D eigenvalue weighted by Gasteiger charge is -2.29. The average molecular weight is 288 g/mol. The minimum atomic E-state index is -3.12. The Morgan fingerprint density at radius 2 is 1.89 bits per heavy atom. The molecule has 2 aliphatic rings. The SMILES string of the molecule is CC(NS(=O)(=O)CC1CCCNC1)C1CCCCC1. The number of hydrogen-bond donors (Lipinski definition) is 2. The third-order valence-corrected chi connectivity index (χ3v) is 6.22. The maximum Gasteiger partial charge on any atom is 0.212 e. The van der Waals surface area contributed by atoms with Crippen LogP contribution < -0.4 is 10.0 Å². The Balaban J connectivity index is 1.81. The normalized spacial score (nSPS) is 28.2. The highest BCUT2D eigenvalue weighted by atomic mass is 32.2. The zero-order chi connectivity index (χ0) is 13.7. The lowest BCUT2D eigenvalue weighted by atomic mass is 9.85. The van der Waals surface area contributed by atoms with Gasteiger partial charge >= 0.3 is 0 Å². The molecule has 1 heterocycles. The molecule has 0 aromatic carbocycles. The minimum Gasteiger partial charge on any atom is -0.316 e. The van der Waals surface area contributed by atoms with E-state index in [9.17, 15) is 8.42 Å². The van der Waals surface area contributed by atoms with Crippen LogP contribution in [0.15, 0.2) is 0 Å². The molecule has 2 atom stereocenters. The molecule has 19 heavy (non-hydrogen) atoms. The molecule has 0 radical (unpaired) electrons. The van der Waals surface area contributed by atoms with Crippen molar-refractivity contribution in [1.29, 1.82) is 0 Å². The molecule has 0 bridgehead atoms. The quantitative estimate of drug-likeness (QED) is 0.812. The highest BCUT2D eigenvalue weighted by Gasteiger charge is 2.26. The summed E-state index contributed by atoms with van der Waals surface area (Å²) in [6.45, 7) is 3.91. The minimum absolute atomic E-state index is 0.0989. The van der Waals surface area contributed by atoms with Crippen molar-refractivity contribution in [3.63, 3.8) is 0 Å². The number of sulfonamides is 1. The van der Waals surface area contributed by atoms with E-state index in [2.05, 4.69) is 10.0 Å². The van der Waals surface area contributed by atoms with Crippen LogP contribution in [-0.2, 0) is 10.0 Å². The van der Waals surface area contributed by atoms with Crippen LogP contribution in [0.1, 0.15) is 51.9 Å². The van der Waals surface area contributed by atoms with E-state index in [0.717, 1.165) is 25.9 Å². The largest absolute Gasteiger partial charge is 0.316 e. The van der Waals surface area contributed by atoms with Gasteiger partial charge in [0.2, 0.25) is 10.0 Å². The first-order chi connectivity index (χ1) is 9.07. The highest BCUT2D eigenvalue weighted by molar-refractivity contribution is 7.89. The Morgan fingerprint density at radius 1 is 1.16 bits per heavy atom. The van der Waals surface area contributed by atoms with Crippen molar-refractivity contribution in [1.82, 2.24) is 10.0 Å². The smallest absolute Gasteiger partial charge is 0.212 e. The van der Waals surface area contributed by atoms with Gasteiger partial charge in [-0.2, -0.15) is 0 Å². The summed E-state index contributed by atoms with van der Waals surface area (Å²) in [6, 6.07) is 0.0989. The summed E-state index contributed by atoms with van der Waals surface area (Å²) in [5.41, 5.74) is 0. The molecule has 1 aliphatic carbocycles. The molecular formula is C14H28N2O2S. The summed E-state index contributed by atoms with van der Waals surface area (Å²) >= 11 is 0. The first kappa shape index (κ1) is 15.3. The first-order valence-corrected chi connectivity index (χ1v) is 9.43. The second-order valence-electron chi connectivity index (χ2n) is 6.30. The molecule has 2 fully saturated rings.